The van der Waals surface area contributed by atoms with E-state index in [4.69, 9.17) is 0 Å². The number of anilines is 2. The first-order valence-electron chi connectivity index (χ1n) is 32.3. The maximum atomic E-state index is 13.7. The van der Waals surface area contributed by atoms with Crippen LogP contribution in [0.3, 0.4) is 0 Å². The largest absolute Gasteiger partial charge is 0.481 e. The molecule has 20 nitrogen and oxygen atoms in total. The van der Waals surface area contributed by atoms with E-state index in [2.05, 4.69) is 80.0 Å². The van der Waals surface area contributed by atoms with Gasteiger partial charge in [0.1, 0.15) is 22.9 Å². The molecule has 510 valence electrons. The third-order valence-electron chi connectivity index (χ3n) is 19.5. The summed E-state index contributed by atoms with van der Waals surface area (Å²) in [7, 11) is -17.9. The summed E-state index contributed by atoms with van der Waals surface area (Å²) in [6.07, 6.45) is 16.2. The highest BCUT2D eigenvalue weighted by Crippen LogP contribution is 2.53. The number of carbonyl (C=O) groups excluding carboxylic acids is 1. The molecule has 6 N–H and O–H groups in total. The number of amides is 1. The molecular formula is C72H85N5O15S4+2. The molecule has 6 aromatic carbocycles. The van der Waals surface area contributed by atoms with Crippen LogP contribution >= 0.6 is 0 Å². The van der Waals surface area contributed by atoms with Crippen molar-refractivity contribution in [3.8, 4) is 0 Å². The van der Waals surface area contributed by atoms with E-state index in [1.165, 1.54) is 24.3 Å². The maximum absolute atomic E-state index is 13.7. The number of allylic oxidation sites excluding steroid dienone is 8. The quantitative estimate of drug-likeness (QED) is 0.0167. The number of unbranched alkanes of at least 4 members (excludes halogenated alkanes) is 4. The first kappa shape index (κ1) is 71.1. The van der Waals surface area contributed by atoms with Gasteiger partial charge in [0.25, 0.3) is 40.5 Å². The predicted octanol–water partition coefficient (Wildman–Crippen LogP) is 12.8. The van der Waals surface area contributed by atoms with Gasteiger partial charge in [-0.3, -0.25) is 27.8 Å². The monoisotopic (exact) mass is 1390 g/mol. The van der Waals surface area contributed by atoms with Crippen LogP contribution in [0, 0.1) is 0 Å². The first-order chi connectivity index (χ1) is 44.9. The topological polar surface area (TPSA) is 296 Å². The van der Waals surface area contributed by atoms with Crippen LogP contribution in [-0.2, 0) is 78.3 Å². The Morgan fingerprint density at radius 2 is 1.06 bits per heavy atom. The SMILES string of the molecule is CCN1C(=CC=CC2=[N+](CCCCCC(=O)NCc3ccc4c(c3)C(C)(C)C(=CC=CC3=[N+](CCCCCC(=O)O)c5ccc(S(=O)(=O)O)cc5C3(C)C)N4CCCS(=O)(=O)O)c3ccc4c(S(=O)(=O)O)cccc4c3C2(C)C)C(C)(C)c2c1ccc1c(S(=O)(=O)O)cccc21. The summed E-state index contributed by atoms with van der Waals surface area (Å²) in [5.74, 6) is -1.46. The van der Waals surface area contributed by atoms with Crippen molar-refractivity contribution in [3.05, 3.63) is 173 Å². The highest BCUT2D eigenvalue weighted by Gasteiger charge is 2.48. The molecule has 0 bridgehead atoms. The van der Waals surface area contributed by atoms with Crippen molar-refractivity contribution in [1.82, 2.24) is 5.32 Å². The Morgan fingerprint density at radius 3 is 1.64 bits per heavy atom. The van der Waals surface area contributed by atoms with Gasteiger partial charge in [-0.1, -0.05) is 82.3 Å². The molecule has 4 heterocycles. The van der Waals surface area contributed by atoms with Gasteiger partial charge in [-0.15, -0.1) is 0 Å². The summed E-state index contributed by atoms with van der Waals surface area (Å²) in [6.45, 7) is 20.7. The normalized spacial score (nSPS) is 18.1. The van der Waals surface area contributed by atoms with Crippen LogP contribution in [0.4, 0.5) is 22.7 Å². The van der Waals surface area contributed by atoms with E-state index in [-0.39, 0.29) is 52.9 Å². The van der Waals surface area contributed by atoms with Crippen molar-refractivity contribution >= 4 is 108 Å². The minimum atomic E-state index is -4.57. The second kappa shape index (κ2) is 26.6. The van der Waals surface area contributed by atoms with E-state index in [0.29, 0.717) is 79.9 Å². The van der Waals surface area contributed by atoms with Crippen LogP contribution in [0.1, 0.15) is 148 Å². The number of nitrogens with zero attached hydrogens (tertiary/aromatic N) is 4. The predicted molar refractivity (Wildman–Crippen MR) is 374 cm³/mol. The smallest absolute Gasteiger partial charge is 0.303 e. The summed E-state index contributed by atoms with van der Waals surface area (Å²) >= 11 is 0. The molecule has 0 fully saturated rings. The van der Waals surface area contributed by atoms with E-state index < -0.39 is 73.9 Å². The Labute approximate surface area is 563 Å². The highest BCUT2D eigenvalue weighted by molar-refractivity contribution is 7.86. The number of hydrogen-bond donors (Lipinski definition) is 6. The molecule has 96 heavy (non-hydrogen) atoms. The molecule has 6 aromatic rings. The van der Waals surface area contributed by atoms with Crippen LogP contribution in [0.2, 0.25) is 0 Å². The van der Waals surface area contributed by atoms with Gasteiger partial charge in [-0.25, -0.2) is 0 Å². The van der Waals surface area contributed by atoms with Crippen molar-refractivity contribution < 1.29 is 75.7 Å². The van der Waals surface area contributed by atoms with E-state index in [1.54, 1.807) is 30.3 Å². The number of rotatable bonds is 26. The van der Waals surface area contributed by atoms with Crippen LogP contribution in [0.15, 0.2) is 160 Å². The van der Waals surface area contributed by atoms with E-state index in [9.17, 15) is 66.6 Å². The van der Waals surface area contributed by atoms with E-state index in [1.807, 2.05) is 85.5 Å². The number of carboxylic acids is 1. The fourth-order valence-corrected chi connectivity index (χ4v) is 17.4. The number of aliphatic carboxylic acids is 1. The van der Waals surface area contributed by atoms with Gasteiger partial charge in [-0.2, -0.15) is 42.8 Å². The number of benzene rings is 6. The molecule has 0 saturated heterocycles. The van der Waals surface area contributed by atoms with Crippen molar-refractivity contribution in [3.63, 3.8) is 0 Å². The molecule has 0 atom stereocenters. The number of carboxylic acid groups (broad SMARTS) is 1. The third kappa shape index (κ3) is 13.9. The summed E-state index contributed by atoms with van der Waals surface area (Å²) in [5.41, 5.74) is 8.66. The summed E-state index contributed by atoms with van der Waals surface area (Å²) in [6, 6.07) is 27.5. The molecular weight excluding hydrogens is 1300 g/mol. The zero-order valence-electron chi connectivity index (χ0n) is 55.5. The second-order valence-electron chi connectivity index (χ2n) is 27.3. The first-order valence-corrected chi connectivity index (χ1v) is 38.2. The maximum Gasteiger partial charge on any atom is 0.303 e. The van der Waals surface area contributed by atoms with Gasteiger partial charge >= 0.3 is 5.97 Å². The van der Waals surface area contributed by atoms with E-state index >= 15 is 0 Å². The van der Waals surface area contributed by atoms with Gasteiger partial charge in [0, 0.05) is 125 Å². The Hall–Kier alpha value is -7.68. The van der Waals surface area contributed by atoms with Gasteiger partial charge in [0.2, 0.25) is 17.3 Å². The molecule has 0 unspecified atom stereocenters. The Morgan fingerprint density at radius 1 is 0.521 bits per heavy atom. The second-order valence-corrected chi connectivity index (χ2v) is 33.1. The highest BCUT2D eigenvalue weighted by atomic mass is 32.2. The molecule has 0 spiro atoms. The molecule has 0 radical (unpaired) electrons. The fourth-order valence-electron chi connectivity index (χ4n) is 15.0. The average Bonchev–Trinajstić information content (AvgIpc) is 1.53. The fraction of sp³-hybridized carbons (Fsp3) is 0.389. The van der Waals surface area contributed by atoms with Crippen LogP contribution in [0.25, 0.3) is 21.5 Å². The molecule has 0 aliphatic carbocycles. The van der Waals surface area contributed by atoms with Gasteiger partial charge < -0.3 is 20.2 Å². The van der Waals surface area contributed by atoms with Crippen molar-refractivity contribution in [2.45, 2.75) is 163 Å². The zero-order valence-corrected chi connectivity index (χ0v) is 58.8. The lowest BCUT2D eigenvalue weighted by molar-refractivity contribution is -0.438. The molecule has 10 rings (SSSR count). The number of likely N-dealkylation sites (N-methyl/N-ethyl adjacent to an activating group) is 1. The number of fused-ring (bicyclic) bond motifs is 8. The summed E-state index contributed by atoms with van der Waals surface area (Å²) in [4.78, 5) is 28.6. The molecule has 4 aliphatic heterocycles. The Bertz CT molecular complexity index is 4870. The number of nitrogens with one attached hydrogen (secondary N) is 1. The van der Waals surface area contributed by atoms with Crippen molar-refractivity contribution in [2.75, 3.05) is 41.7 Å². The minimum Gasteiger partial charge on any atom is -0.481 e. The summed E-state index contributed by atoms with van der Waals surface area (Å²) < 4.78 is 143. The average molecular weight is 1390 g/mol. The molecule has 0 saturated carbocycles. The Balaban J connectivity index is 0.861. The molecule has 1 amide bonds. The minimum absolute atomic E-state index is 0.0416. The number of carbonyl (C=O) groups is 2. The van der Waals surface area contributed by atoms with Crippen molar-refractivity contribution in [2.24, 2.45) is 0 Å². The molecule has 4 aliphatic rings. The van der Waals surface area contributed by atoms with Crippen LogP contribution in [0.5, 0.6) is 0 Å². The lowest BCUT2D eigenvalue weighted by Gasteiger charge is -2.27. The zero-order chi connectivity index (χ0) is 69.9. The van der Waals surface area contributed by atoms with Gasteiger partial charge in [0.15, 0.2) is 11.4 Å². The van der Waals surface area contributed by atoms with E-state index in [0.717, 1.165) is 73.2 Å². The Kier molecular flexibility index (Phi) is 19.7. The van der Waals surface area contributed by atoms with Gasteiger partial charge in [0.05, 0.1) is 21.5 Å². The summed E-state index contributed by atoms with van der Waals surface area (Å²) in [5, 5.41) is 14.6. The molecule has 0 aromatic heterocycles. The standard InChI is InChI=1S/C72H83N5O15S4/c1-10-74-57-38-34-49-51(22-17-24-59(49)95(87,88)89)67(57)71(6,7)63(74)28-20-29-64-72(8,9)68-52-23-18-25-60(96(90,91)92)50(52)35-39-58(68)77(64)41-15-11-13-30-65(78)73-46-47-32-36-55-53(44-47)69(2,3)61(76(55)42-21-43-93(81,82)83)26-19-27-62-70(4,5)54-45-48(94(84,85)86)33-37-56(54)75(62)40-16-12-14-31-66(79)80/h17-20,22-29,32-39,44-45H,10-16,21,30-31,40-43,46H2,1-9H3,(H4-2,73,78,79,80,81,82,83,84,85,86,87,88,89,90,91,92)/p+2. The lowest BCUT2D eigenvalue weighted by Crippen LogP contribution is -2.29. The third-order valence-corrected chi connectivity index (χ3v) is 23.0. The molecule has 24 heteroatoms. The van der Waals surface area contributed by atoms with Gasteiger partial charge in [-0.05, 0) is 149 Å². The van der Waals surface area contributed by atoms with Crippen LogP contribution < -0.4 is 15.1 Å². The van der Waals surface area contributed by atoms with Crippen LogP contribution in [-0.4, -0.2) is 121 Å². The number of hydrogen-bond acceptors (Lipinski definition) is 12. The van der Waals surface area contributed by atoms with Crippen molar-refractivity contribution in [1.29, 1.82) is 0 Å². The lowest BCUT2D eigenvalue weighted by atomic mass is 9.79.